The van der Waals surface area contributed by atoms with Gasteiger partial charge in [-0.1, -0.05) is 65.7 Å². The molecule has 2 aliphatic rings. The molecule has 3 aromatic carbocycles. The van der Waals surface area contributed by atoms with Crippen molar-refractivity contribution >= 4 is 21.7 Å². The van der Waals surface area contributed by atoms with E-state index in [1.54, 1.807) is 24.3 Å². The molecule has 0 bridgehead atoms. The number of ether oxygens (including phenoxy) is 1. The number of anilines is 1. The van der Waals surface area contributed by atoms with Gasteiger partial charge in [0.05, 0.1) is 30.3 Å². The van der Waals surface area contributed by atoms with Crippen LogP contribution < -0.4 is 4.31 Å². The highest BCUT2D eigenvalue weighted by molar-refractivity contribution is 7.92. The number of rotatable bonds is 4. The number of esters is 1. The summed E-state index contributed by atoms with van der Waals surface area (Å²) in [5.74, 6) is -0.634. The maximum Gasteiger partial charge on any atom is 0.316 e. The molecule has 0 unspecified atom stereocenters. The molecule has 2 aliphatic heterocycles. The van der Waals surface area contributed by atoms with Crippen LogP contribution in [0.4, 0.5) is 5.69 Å². The van der Waals surface area contributed by atoms with Gasteiger partial charge in [0, 0.05) is 12.5 Å². The van der Waals surface area contributed by atoms with Gasteiger partial charge in [-0.25, -0.2) is 8.42 Å². The number of methoxy groups -OCH3 is 1. The number of hydrogen-bond donors (Lipinski definition) is 0. The summed E-state index contributed by atoms with van der Waals surface area (Å²) in [6.07, 6.45) is 0. The Kier molecular flexibility index (Phi) is 5.73. The van der Waals surface area contributed by atoms with E-state index in [1.807, 2.05) is 69.4 Å². The number of hydrogen-bond acceptors (Lipinski definition) is 5. The van der Waals surface area contributed by atoms with Crippen molar-refractivity contribution in [1.29, 1.82) is 0 Å². The third kappa shape index (κ3) is 3.56. The van der Waals surface area contributed by atoms with Crippen LogP contribution in [-0.4, -0.2) is 46.5 Å². The van der Waals surface area contributed by atoms with E-state index in [2.05, 4.69) is 4.90 Å². The molecular formula is C28H30N2O4S. The highest BCUT2D eigenvalue weighted by Gasteiger charge is 2.64. The van der Waals surface area contributed by atoms with Gasteiger partial charge in [-0.3, -0.25) is 14.0 Å². The van der Waals surface area contributed by atoms with E-state index in [9.17, 15) is 13.2 Å². The fourth-order valence-electron chi connectivity index (χ4n) is 5.88. The molecule has 5 rings (SSSR count). The summed E-state index contributed by atoms with van der Waals surface area (Å²) in [6.45, 7) is 4.55. The Morgan fingerprint density at radius 3 is 2.17 bits per heavy atom. The van der Waals surface area contributed by atoms with E-state index >= 15 is 0 Å². The number of likely N-dealkylation sites (N-methyl/N-ethyl adjacent to an activating group) is 1. The molecule has 0 radical (unpaired) electrons. The van der Waals surface area contributed by atoms with E-state index < -0.39 is 21.4 Å². The Morgan fingerprint density at radius 1 is 0.943 bits per heavy atom. The minimum absolute atomic E-state index is 0.000443. The van der Waals surface area contributed by atoms with Crippen LogP contribution in [-0.2, 0) is 19.6 Å². The summed E-state index contributed by atoms with van der Waals surface area (Å²) in [5.41, 5.74) is 3.42. The zero-order valence-corrected chi connectivity index (χ0v) is 21.2. The Balaban J connectivity index is 1.75. The topological polar surface area (TPSA) is 66.9 Å². The van der Waals surface area contributed by atoms with E-state index in [-0.39, 0.29) is 23.4 Å². The minimum Gasteiger partial charge on any atom is -0.468 e. The zero-order valence-electron chi connectivity index (χ0n) is 20.4. The zero-order chi connectivity index (χ0) is 25.0. The number of benzene rings is 3. The summed E-state index contributed by atoms with van der Waals surface area (Å²) >= 11 is 0. The molecule has 6 nitrogen and oxygen atoms in total. The van der Waals surface area contributed by atoms with E-state index in [4.69, 9.17) is 4.74 Å². The van der Waals surface area contributed by atoms with Crippen molar-refractivity contribution in [3.63, 3.8) is 0 Å². The lowest BCUT2D eigenvalue weighted by atomic mass is 9.66. The standard InChI is InChI=1S/C28H30N2O4S/c1-19-9-13-21(14-10-19)24-17-29(3)26-23-7-5-6-8-25(23)30(18-28(24,26)27(31)34-4)35(32,33)22-15-11-20(2)12-16-22/h5-16,24,26H,17-18H2,1-4H3/t24-,26+,28-/m0/s1. The van der Waals surface area contributed by atoms with Crippen molar-refractivity contribution in [2.75, 3.05) is 31.6 Å². The fraction of sp³-hybridized carbons (Fsp3) is 0.321. The van der Waals surface area contributed by atoms with Crippen molar-refractivity contribution in [2.24, 2.45) is 5.41 Å². The molecular weight excluding hydrogens is 460 g/mol. The third-order valence-corrected chi connectivity index (χ3v) is 9.35. The highest BCUT2D eigenvalue weighted by Crippen LogP contribution is 2.60. The first-order valence-corrected chi connectivity index (χ1v) is 13.2. The Bertz CT molecular complexity index is 1370. The van der Waals surface area contributed by atoms with Gasteiger partial charge in [-0.2, -0.15) is 0 Å². The largest absolute Gasteiger partial charge is 0.468 e. The molecule has 35 heavy (non-hydrogen) atoms. The number of likely N-dealkylation sites (tertiary alicyclic amines) is 1. The second-order valence-corrected chi connectivity index (χ2v) is 11.6. The Hall–Kier alpha value is -3.16. The summed E-state index contributed by atoms with van der Waals surface area (Å²) in [4.78, 5) is 16.1. The van der Waals surface area contributed by atoms with Crippen LogP contribution in [0.3, 0.4) is 0 Å². The van der Waals surface area contributed by atoms with Crippen LogP contribution in [0.25, 0.3) is 0 Å². The lowest BCUT2D eigenvalue weighted by Crippen LogP contribution is -2.54. The van der Waals surface area contributed by atoms with Gasteiger partial charge in [0.15, 0.2) is 0 Å². The smallest absolute Gasteiger partial charge is 0.316 e. The highest BCUT2D eigenvalue weighted by atomic mass is 32.2. The van der Waals surface area contributed by atoms with Crippen molar-refractivity contribution < 1.29 is 17.9 Å². The number of fused-ring (bicyclic) bond motifs is 3. The normalized spacial score (nSPS) is 24.1. The summed E-state index contributed by atoms with van der Waals surface area (Å²) < 4.78 is 34.9. The molecule has 0 aliphatic carbocycles. The fourth-order valence-corrected chi connectivity index (χ4v) is 7.43. The van der Waals surface area contributed by atoms with Crippen LogP contribution in [0.2, 0.25) is 0 Å². The maximum absolute atomic E-state index is 14.0. The van der Waals surface area contributed by atoms with Crippen LogP contribution >= 0.6 is 0 Å². The molecule has 0 N–H and O–H groups in total. The first kappa shape index (κ1) is 23.6. The molecule has 0 spiro atoms. The van der Waals surface area contributed by atoms with Gasteiger partial charge < -0.3 is 4.74 Å². The van der Waals surface area contributed by atoms with Gasteiger partial charge >= 0.3 is 5.97 Å². The molecule has 182 valence electrons. The van der Waals surface area contributed by atoms with Crippen molar-refractivity contribution in [3.8, 4) is 0 Å². The molecule has 1 saturated heterocycles. The summed E-state index contributed by atoms with van der Waals surface area (Å²) in [7, 11) is -0.549. The van der Waals surface area contributed by atoms with Gasteiger partial charge in [-0.05, 0) is 50.2 Å². The number of para-hydroxylation sites is 1. The average molecular weight is 491 g/mol. The molecule has 0 saturated carbocycles. The minimum atomic E-state index is -3.93. The molecule has 1 fully saturated rings. The van der Waals surface area contributed by atoms with Crippen LogP contribution in [0.1, 0.15) is 34.2 Å². The maximum atomic E-state index is 14.0. The van der Waals surface area contributed by atoms with Gasteiger partial charge in [0.25, 0.3) is 10.0 Å². The van der Waals surface area contributed by atoms with Crippen LogP contribution in [0.15, 0.2) is 77.7 Å². The number of sulfonamides is 1. The average Bonchev–Trinajstić information content (AvgIpc) is 3.17. The number of nitrogens with zero attached hydrogens (tertiary/aromatic N) is 2. The molecule has 7 heteroatoms. The second kappa shape index (κ2) is 8.50. The van der Waals surface area contributed by atoms with Gasteiger partial charge in [0.1, 0.15) is 5.41 Å². The first-order chi connectivity index (χ1) is 16.7. The molecule has 0 aromatic heterocycles. The molecule has 3 atom stereocenters. The number of carbonyl (C=O) groups excluding carboxylic acids is 1. The number of carbonyl (C=O) groups is 1. The summed E-state index contributed by atoms with van der Waals surface area (Å²) in [6, 6.07) is 22.2. The van der Waals surface area contributed by atoms with Crippen molar-refractivity contribution in [1.82, 2.24) is 4.90 Å². The molecule has 3 aromatic rings. The molecule has 2 heterocycles. The van der Waals surface area contributed by atoms with Gasteiger partial charge in [0.2, 0.25) is 0 Å². The second-order valence-electron chi connectivity index (χ2n) is 9.72. The van der Waals surface area contributed by atoms with E-state index in [1.165, 1.54) is 11.4 Å². The lowest BCUT2D eigenvalue weighted by Gasteiger charge is -2.47. The first-order valence-electron chi connectivity index (χ1n) is 11.7. The van der Waals surface area contributed by atoms with Gasteiger partial charge in [-0.15, -0.1) is 0 Å². The number of aryl methyl sites for hydroxylation is 2. The third-order valence-electron chi connectivity index (χ3n) is 7.58. The van der Waals surface area contributed by atoms with E-state index in [0.717, 1.165) is 22.3 Å². The SMILES string of the molecule is COC(=O)[C@]12CN(S(=O)(=O)c3ccc(C)cc3)c3ccccc3[C@H]1N(C)C[C@H]2c1ccc(C)cc1. The summed E-state index contributed by atoms with van der Waals surface area (Å²) in [5, 5.41) is 0. The van der Waals surface area contributed by atoms with Crippen LogP contribution in [0.5, 0.6) is 0 Å². The quantitative estimate of drug-likeness (QED) is 0.506. The molecule has 0 amide bonds. The Morgan fingerprint density at radius 2 is 1.54 bits per heavy atom. The van der Waals surface area contributed by atoms with E-state index in [0.29, 0.717) is 12.2 Å². The van der Waals surface area contributed by atoms with Crippen molar-refractivity contribution in [3.05, 3.63) is 95.1 Å². The lowest BCUT2D eigenvalue weighted by molar-refractivity contribution is -0.155. The predicted molar refractivity (Wildman–Crippen MR) is 136 cm³/mol. The monoisotopic (exact) mass is 490 g/mol. The Labute approximate surface area is 207 Å². The predicted octanol–water partition coefficient (Wildman–Crippen LogP) is 4.44. The van der Waals surface area contributed by atoms with Crippen LogP contribution in [0, 0.1) is 19.3 Å². The van der Waals surface area contributed by atoms with Crippen molar-refractivity contribution in [2.45, 2.75) is 30.7 Å².